The predicted molar refractivity (Wildman–Crippen MR) is 86.8 cm³/mol. The number of carbonyl (C=O) groups is 2. The highest BCUT2D eigenvalue weighted by atomic mass is 19.4. The van der Waals surface area contributed by atoms with Crippen LogP contribution in [0.15, 0.2) is 48.5 Å². The first-order valence-electron chi connectivity index (χ1n) is 7.11. The first-order valence-corrected chi connectivity index (χ1v) is 7.11. The zero-order valence-corrected chi connectivity index (χ0v) is 12.9. The maximum absolute atomic E-state index is 12.5. The summed E-state index contributed by atoms with van der Waals surface area (Å²) in [4.78, 5) is 23.7. The Bertz CT molecular complexity index is 821. The molecule has 0 radical (unpaired) electrons. The van der Waals surface area contributed by atoms with Crippen LogP contribution in [0, 0.1) is 12.3 Å². The number of hydrogen-bond donors (Lipinski definition) is 2. The Labute approximate surface area is 142 Å². The van der Waals surface area contributed by atoms with Crippen molar-refractivity contribution in [1.82, 2.24) is 5.32 Å². The molecule has 4 nitrogen and oxygen atoms in total. The molecular formula is C18H13F3N2O2. The zero-order valence-electron chi connectivity index (χ0n) is 12.9. The van der Waals surface area contributed by atoms with Gasteiger partial charge in [0.05, 0.1) is 12.1 Å². The Morgan fingerprint density at radius 2 is 1.76 bits per heavy atom. The zero-order chi connectivity index (χ0) is 18.4. The lowest BCUT2D eigenvalue weighted by Crippen LogP contribution is -2.32. The summed E-state index contributed by atoms with van der Waals surface area (Å²) in [5.74, 6) is 1.28. The fourth-order valence-corrected chi connectivity index (χ4v) is 1.97. The van der Waals surface area contributed by atoms with Crippen LogP contribution in [-0.2, 0) is 11.0 Å². The molecule has 0 unspecified atom stereocenters. The summed E-state index contributed by atoms with van der Waals surface area (Å²) in [6, 6.07) is 10.3. The highest BCUT2D eigenvalue weighted by molar-refractivity contribution is 5.99. The van der Waals surface area contributed by atoms with E-state index in [0.717, 1.165) is 24.3 Å². The highest BCUT2D eigenvalue weighted by Crippen LogP contribution is 2.29. The molecule has 2 rings (SSSR count). The molecule has 0 spiro atoms. The van der Waals surface area contributed by atoms with Crippen molar-refractivity contribution >= 4 is 17.5 Å². The van der Waals surface area contributed by atoms with Gasteiger partial charge in [0.2, 0.25) is 5.91 Å². The van der Waals surface area contributed by atoms with E-state index in [2.05, 4.69) is 16.6 Å². The Balaban J connectivity index is 1.91. The Morgan fingerprint density at radius 3 is 2.36 bits per heavy atom. The van der Waals surface area contributed by atoms with Crippen molar-refractivity contribution in [2.24, 2.45) is 0 Å². The molecule has 0 saturated carbocycles. The van der Waals surface area contributed by atoms with Gasteiger partial charge in [-0.25, -0.2) is 0 Å². The van der Waals surface area contributed by atoms with Crippen molar-refractivity contribution in [3.8, 4) is 12.3 Å². The van der Waals surface area contributed by atoms with Crippen molar-refractivity contribution in [2.45, 2.75) is 6.18 Å². The summed E-state index contributed by atoms with van der Waals surface area (Å²) in [6.07, 6.45) is 0.789. The lowest BCUT2D eigenvalue weighted by molar-refractivity contribution is -0.137. The van der Waals surface area contributed by atoms with Gasteiger partial charge in [0, 0.05) is 16.8 Å². The summed E-state index contributed by atoms with van der Waals surface area (Å²) in [7, 11) is 0. The topological polar surface area (TPSA) is 58.2 Å². The minimum atomic E-state index is -4.47. The van der Waals surface area contributed by atoms with Gasteiger partial charge in [0.15, 0.2) is 0 Å². The van der Waals surface area contributed by atoms with E-state index in [0.29, 0.717) is 11.3 Å². The third-order valence-electron chi connectivity index (χ3n) is 3.20. The van der Waals surface area contributed by atoms with Crippen LogP contribution in [0.5, 0.6) is 0 Å². The number of hydrogen-bond acceptors (Lipinski definition) is 2. The predicted octanol–water partition coefficient (Wildman–Crippen LogP) is 3.06. The van der Waals surface area contributed by atoms with Crippen LogP contribution in [0.4, 0.5) is 18.9 Å². The second-order valence-electron chi connectivity index (χ2n) is 5.03. The molecule has 2 aromatic rings. The molecule has 2 amide bonds. The second-order valence-corrected chi connectivity index (χ2v) is 5.03. The maximum atomic E-state index is 12.5. The van der Waals surface area contributed by atoms with Crippen LogP contribution in [0.2, 0.25) is 0 Å². The summed E-state index contributed by atoms with van der Waals surface area (Å²) in [6.45, 7) is -0.333. The van der Waals surface area contributed by atoms with Crippen molar-refractivity contribution in [1.29, 1.82) is 0 Å². The van der Waals surface area contributed by atoms with Gasteiger partial charge in [-0.2, -0.15) is 13.2 Å². The molecule has 25 heavy (non-hydrogen) atoms. The molecule has 7 heteroatoms. The number of nitrogens with one attached hydrogen (secondary N) is 2. The molecule has 0 bridgehead atoms. The van der Waals surface area contributed by atoms with Gasteiger partial charge >= 0.3 is 6.18 Å². The lowest BCUT2D eigenvalue weighted by atomic mass is 10.1. The largest absolute Gasteiger partial charge is 0.416 e. The molecule has 0 aliphatic carbocycles. The summed E-state index contributed by atoms with van der Waals surface area (Å²) in [5, 5.41) is 4.89. The van der Waals surface area contributed by atoms with Crippen LogP contribution >= 0.6 is 0 Å². The van der Waals surface area contributed by atoms with Crippen molar-refractivity contribution < 1.29 is 22.8 Å². The lowest BCUT2D eigenvalue weighted by Gasteiger charge is -2.09. The molecule has 2 N–H and O–H groups in total. The molecule has 0 heterocycles. The average Bonchev–Trinajstić information content (AvgIpc) is 2.59. The number of rotatable bonds is 4. The van der Waals surface area contributed by atoms with Gasteiger partial charge in [-0.05, 0) is 42.5 Å². The van der Waals surface area contributed by atoms with E-state index in [-0.39, 0.29) is 12.1 Å². The van der Waals surface area contributed by atoms with Gasteiger partial charge in [0.25, 0.3) is 5.91 Å². The SMILES string of the molecule is C#Cc1cccc(NC(=O)CNC(=O)c2ccc(C(F)(F)F)cc2)c1. The standard InChI is InChI=1S/C18H13F3N2O2/c1-2-12-4-3-5-15(10-12)23-16(24)11-22-17(25)13-6-8-14(9-7-13)18(19,20)21/h1,3-10H,11H2,(H,22,25)(H,23,24). The van der Waals surface area contributed by atoms with Crippen LogP contribution in [0.1, 0.15) is 21.5 Å². The van der Waals surface area contributed by atoms with Crippen molar-refractivity contribution in [3.63, 3.8) is 0 Å². The fraction of sp³-hybridized carbons (Fsp3) is 0.111. The van der Waals surface area contributed by atoms with E-state index in [9.17, 15) is 22.8 Å². The van der Waals surface area contributed by atoms with Crippen LogP contribution in [0.25, 0.3) is 0 Å². The van der Waals surface area contributed by atoms with Crippen LogP contribution in [-0.4, -0.2) is 18.4 Å². The number of halogens is 3. The van der Waals surface area contributed by atoms with Gasteiger partial charge in [-0.15, -0.1) is 6.42 Å². The number of terminal acetylenes is 1. The normalized spacial score (nSPS) is 10.6. The van der Waals surface area contributed by atoms with E-state index in [4.69, 9.17) is 6.42 Å². The number of benzene rings is 2. The minimum absolute atomic E-state index is 0.0233. The van der Waals surface area contributed by atoms with E-state index >= 15 is 0 Å². The minimum Gasteiger partial charge on any atom is -0.343 e. The first kappa shape index (κ1) is 18.1. The van der Waals surface area contributed by atoms with Crippen LogP contribution < -0.4 is 10.6 Å². The van der Waals surface area contributed by atoms with Gasteiger partial charge in [-0.1, -0.05) is 12.0 Å². The molecule has 0 aliphatic heterocycles. The third kappa shape index (κ3) is 5.11. The Hall–Kier alpha value is -3.27. The van der Waals surface area contributed by atoms with E-state index in [1.807, 2.05) is 0 Å². The average molecular weight is 346 g/mol. The van der Waals surface area contributed by atoms with Gasteiger partial charge in [0.1, 0.15) is 0 Å². The Kier molecular flexibility index (Phi) is 5.45. The molecule has 2 aromatic carbocycles. The molecule has 0 saturated heterocycles. The molecular weight excluding hydrogens is 333 g/mol. The quantitative estimate of drug-likeness (QED) is 0.836. The maximum Gasteiger partial charge on any atom is 0.416 e. The third-order valence-corrected chi connectivity index (χ3v) is 3.20. The van der Waals surface area contributed by atoms with E-state index in [1.165, 1.54) is 0 Å². The molecule has 0 atom stereocenters. The second kappa shape index (κ2) is 7.53. The highest BCUT2D eigenvalue weighted by Gasteiger charge is 2.30. The fourth-order valence-electron chi connectivity index (χ4n) is 1.97. The van der Waals surface area contributed by atoms with Crippen LogP contribution in [0.3, 0.4) is 0 Å². The monoisotopic (exact) mass is 346 g/mol. The molecule has 128 valence electrons. The summed E-state index contributed by atoms with van der Waals surface area (Å²) in [5.41, 5.74) is 0.237. The molecule has 0 aliphatic rings. The smallest absolute Gasteiger partial charge is 0.343 e. The first-order chi connectivity index (χ1) is 11.8. The number of alkyl halides is 3. The molecule has 0 fully saturated rings. The van der Waals surface area contributed by atoms with Crippen molar-refractivity contribution in [3.05, 3.63) is 65.2 Å². The van der Waals surface area contributed by atoms with Gasteiger partial charge < -0.3 is 10.6 Å². The van der Waals surface area contributed by atoms with E-state index < -0.39 is 23.6 Å². The summed E-state index contributed by atoms with van der Waals surface area (Å²) >= 11 is 0. The molecule has 0 aromatic heterocycles. The number of carbonyl (C=O) groups excluding carboxylic acids is 2. The number of amides is 2. The van der Waals surface area contributed by atoms with Crippen molar-refractivity contribution in [2.75, 3.05) is 11.9 Å². The van der Waals surface area contributed by atoms with Gasteiger partial charge in [-0.3, -0.25) is 9.59 Å². The summed E-state index contributed by atoms with van der Waals surface area (Å²) < 4.78 is 37.4. The number of anilines is 1. The van der Waals surface area contributed by atoms with E-state index in [1.54, 1.807) is 24.3 Å². The Morgan fingerprint density at radius 1 is 1.08 bits per heavy atom.